The van der Waals surface area contributed by atoms with Crippen molar-refractivity contribution >= 4 is 17.5 Å². The van der Waals surface area contributed by atoms with Gasteiger partial charge in [-0.3, -0.25) is 4.79 Å². The maximum atomic E-state index is 12.7. The van der Waals surface area contributed by atoms with Crippen molar-refractivity contribution in [1.29, 1.82) is 0 Å². The number of aliphatic hydroxyl groups excluding tert-OH is 1. The van der Waals surface area contributed by atoms with Crippen molar-refractivity contribution in [3.05, 3.63) is 47.2 Å². The highest BCUT2D eigenvalue weighted by atomic mass is 35.5. The number of likely N-dealkylation sites (tertiary alicyclic amines) is 1. The minimum Gasteiger partial charge on any atom is -0.496 e. The number of carbonyl (C=O) groups is 1. The van der Waals surface area contributed by atoms with Crippen LogP contribution in [0, 0.1) is 5.92 Å². The molecule has 0 saturated carbocycles. The van der Waals surface area contributed by atoms with Crippen LogP contribution >= 0.6 is 11.6 Å². The molecule has 1 saturated heterocycles. The van der Waals surface area contributed by atoms with Gasteiger partial charge in [-0.2, -0.15) is 0 Å². The summed E-state index contributed by atoms with van der Waals surface area (Å²) >= 11 is 6.37. The topological polar surface area (TPSA) is 54.7 Å². The highest BCUT2D eigenvalue weighted by molar-refractivity contribution is 6.33. The summed E-state index contributed by atoms with van der Waals surface area (Å²) in [6.45, 7) is 1.31. The van der Waals surface area contributed by atoms with Crippen LogP contribution < -0.4 is 4.74 Å². The van der Waals surface area contributed by atoms with Gasteiger partial charge in [-0.05, 0) is 24.6 Å². The maximum absolute atomic E-state index is 12.7. The minimum atomic E-state index is -0.112. The molecule has 0 aliphatic carbocycles. The number of benzene rings is 1. The van der Waals surface area contributed by atoms with Crippen LogP contribution in [0.1, 0.15) is 16.8 Å². The van der Waals surface area contributed by atoms with E-state index in [1.165, 1.54) is 0 Å². The maximum Gasteiger partial charge on any atom is 0.257 e. The number of amides is 1. The number of aliphatic hydroxyl groups is 1. The lowest BCUT2D eigenvalue weighted by atomic mass is 10.1. The molecule has 1 aliphatic heterocycles. The van der Waals surface area contributed by atoms with E-state index in [2.05, 4.69) is 0 Å². The summed E-state index contributed by atoms with van der Waals surface area (Å²) in [5.41, 5.74) is 1.21. The Morgan fingerprint density at radius 3 is 2.74 bits per heavy atom. The second kappa shape index (κ2) is 6.64. The monoisotopic (exact) mass is 334 g/mol. The second-order valence-electron chi connectivity index (χ2n) is 5.68. The Bertz CT molecular complexity index is 700. The molecule has 6 heteroatoms. The van der Waals surface area contributed by atoms with E-state index in [0.717, 1.165) is 12.1 Å². The van der Waals surface area contributed by atoms with Gasteiger partial charge in [0.15, 0.2) is 0 Å². The Morgan fingerprint density at radius 1 is 1.39 bits per heavy atom. The first-order chi connectivity index (χ1) is 11.1. The average Bonchev–Trinajstić information content (AvgIpc) is 3.25. The first-order valence-electron chi connectivity index (χ1n) is 7.55. The van der Waals surface area contributed by atoms with Gasteiger partial charge in [0.1, 0.15) is 5.75 Å². The minimum absolute atomic E-state index is 0.105. The van der Waals surface area contributed by atoms with Crippen LogP contribution in [0.3, 0.4) is 0 Å². The summed E-state index contributed by atoms with van der Waals surface area (Å²) in [6.07, 6.45) is 4.59. The Labute approximate surface area is 140 Å². The second-order valence-corrected chi connectivity index (χ2v) is 6.09. The Kier molecular flexibility index (Phi) is 4.59. The van der Waals surface area contributed by atoms with Crippen molar-refractivity contribution in [2.45, 2.75) is 6.42 Å². The zero-order chi connectivity index (χ0) is 16.4. The van der Waals surface area contributed by atoms with E-state index >= 15 is 0 Å². The van der Waals surface area contributed by atoms with Crippen LogP contribution in [0.4, 0.5) is 0 Å². The van der Waals surface area contributed by atoms with E-state index in [9.17, 15) is 9.90 Å². The quantitative estimate of drug-likeness (QED) is 0.935. The van der Waals surface area contributed by atoms with Gasteiger partial charge in [0.05, 0.1) is 23.4 Å². The predicted octanol–water partition coefficient (Wildman–Crippen LogP) is 2.59. The highest BCUT2D eigenvalue weighted by Crippen LogP contribution is 2.31. The molecule has 1 unspecified atom stereocenters. The number of carbonyl (C=O) groups excluding carboxylic acids is 1. The number of halogens is 1. The summed E-state index contributed by atoms with van der Waals surface area (Å²) in [6, 6.07) is 7.24. The first kappa shape index (κ1) is 15.9. The zero-order valence-corrected chi connectivity index (χ0v) is 13.7. The van der Waals surface area contributed by atoms with Crippen molar-refractivity contribution < 1.29 is 14.6 Å². The van der Waals surface area contributed by atoms with Crippen molar-refractivity contribution in [1.82, 2.24) is 9.47 Å². The smallest absolute Gasteiger partial charge is 0.257 e. The van der Waals surface area contributed by atoms with Gasteiger partial charge in [-0.25, -0.2) is 0 Å². The molecule has 2 aromatic rings. The zero-order valence-electron chi connectivity index (χ0n) is 12.9. The fourth-order valence-corrected chi connectivity index (χ4v) is 3.17. The average molecular weight is 335 g/mol. The highest BCUT2D eigenvalue weighted by Gasteiger charge is 2.28. The molecule has 1 N–H and O–H groups in total. The molecule has 0 spiro atoms. The van der Waals surface area contributed by atoms with Crippen LogP contribution in [0.15, 0.2) is 36.7 Å². The lowest BCUT2D eigenvalue weighted by Crippen LogP contribution is -2.29. The fraction of sp³-hybridized carbons (Fsp3) is 0.353. The fourth-order valence-electron chi connectivity index (χ4n) is 2.91. The molecule has 0 radical (unpaired) electrons. The lowest BCUT2D eigenvalue weighted by molar-refractivity contribution is 0.0778. The Hall–Kier alpha value is -1.98. The normalized spacial score (nSPS) is 17.5. The summed E-state index contributed by atoms with van der Waals surface area (Å²) in [5.74, 6) is 0.536. The summed E-state index contributed by atoms with van der Waals surface area (Å²) in [5, 5.41) is 9.73. The Morgan fingerprint density at radius 2 is 2.13 bits per heavy atom. The van der Waals surface area contributed by atoms with Gasteiger partial charge in [0.25, 0.3) is 5.91 Å². The third-order valence-electron chi connectivity index (χ3n) is 4.21. The predicted molar refractivity (Wildman–Crippen MR) is 88.4 cm³/mol. The number of hydrogen-bond acceptors (Lipinski definition) is 3. The van der Waals surface area contributed by atoms with Crippen molar-refractivity contribution in [3.63, 3.8) is 0 Å². The molecule has 1 atom stereocenters. The molecule has 1 fully saturated rings. The van der Waals surface area contributed by atoms with E-state index in [1.807, 2.05) is 29.1 Å². The van der Waals surface area contributed by atoms with E-state index in [4.69, 9.17) is 16.3 Å². The van der Waals surface area contributed by atoms with Crippen LogP contribution in [-0.4, -0.2) is 47.3 Å². The third kappa shape index (κ3) is 3.07. The van der Waals surface area contributed by atoms with Crippen LogP contribution in [-0.2, 0) is 0 Å². The van der Waals surface area contributed by atoms with Gasteiger partial charge in [0.2, 0.25) is 0 Å². The van der Waals surface area contributed by atoms with Crippen molar-refractivity contribution in [2.24, 2.45) is 5.92 Å². The molecule has 1 aliphatic rings. The van der Waals surface area contributed by atoms with Gasteiger partial charge in [-0.1, -0.05) is 11.6 Å². The number of methoxy groups -OCH3 is 1. The summed E-state index contributed by atoms with van der Waals surface area (Å²) < 4.78 is 7.28. The largest absolute Gasteiger partial charge is 0.496 e. The van der Waals surface area contributed by atoms with E-state index in [1.54, 1.807) is 24.1 Å². The molecular formula is C17H19ClN2O3. The number of nitrogens with zero attached hydrogens (tertiary/aromatic N) is 2. The molecule has 1 aromatic heterocycles. The molecule has 122 valence electrons. The van der Waals surface area contributed by atoms with Crippen molar-refractivity contribution in [2.75, 3.05) is 26.8 Å². The van der Waals surface area contributed by atoms with E-state index < -0.39 is 0 Å². The van der Waals surface area contributed by atoms with Gasteiger partial charge in [-0.15, -0.1) is 0 Å². The number of hydrogen-bond donors (Lipinski definition) is 1. The molecule has 5 nitrogen and oxygen atoms in total. The Balaban J connectivity index is 1.93. The summed E-state index contributed by atoms with van der Waals surface area (Å²) in [4.78, 5) is 14.5. The van der Waals surface area contributed by atoms with E-state index in [-0.39, 0.29) is 18.4 Å². The van der Waals surface area contributed by atoms with Crippen LogP contribution in [0.2, 0.25) is 5.02 Å². The molecule has 0 bridgehead atoms. The van der Waals surface area contributed by atoms with Gasteiger partial charge >= 0.3 is 0 Å². The summed E-state index contributed by atoms with van der Waals surface area (Å²) in [7, 11) is 1.54. The van der Waals surface area contributed by atoms with Gasteiger partial charge < -0.3 is 19.3 Å². The van der Waals surface area contributed by atoms with E-state index in [0.29, 0.717) is 29.4 Å². The molecule has 1 amide bonds. The molecule has 3 rings (SSSR count). The first-order valence-corrected chi connectivity index (χ1v) is 7.93. The van der Waals surface area contributed by atoms with Crippen LogP contribution in [0.25, 0.3) is 5.69 Å². The molecular weight excluding hydrogens is 316 g/mol. The van der Waals surface area contributed by atoms with Gasteiger partial charge in [0, 0.05) is 44.1 Å². The van der Waals surface area contributed by atoms with Crippen LogP contribution in [0.5, 0.6) is 5.75 Å². The molecule has 2 heterocycles. The molecule has 23 heavy (non-hydrogen) atoms. The SMILES string of the molecule is COc1cc(-n2cccc2)c(Cl)cc1C(=O)N1CCC(CO)C1. The molecule has 1 aromatic carbocycles. The number of ether oxygens (including phenoxy) is 1. The number of aromatic nitrogens is 1. The third-order valence-corrected chi connectivity index (χ3v) is 4.52. The van der Waals surface area contributed by atoms with Crippen molar-refractivity contribution in [3.8, 4) is 11.4 Å². The number of rotatable bonds is 4. The lowest BCUT2D eigenvalue weighted by Gasteiger charge is -2.19. The standard InChI is InChI=1S/C17H19ClN2O3/c1-23-16-9-15(19-5-2-3-6-19)14(18)8-13(16)17(22)20-7-4-12(10-20)11-21/h2-3,5-6,8-9,12,21H,4,7,10-11H2,1H3.